The van der Waals surface area contributed by atoms with E-state index in [1.165, 1.54) is 6.07 Å². The van der Waals surface area contributed by atoms with Crippen LogP contribution in [-0.4, -0.2) is 15.5 Å². The summed E-state index contributed by atoms with van der Waals surface area (Å²) < 4.78 is 43.6. The second-order valence-electron chi connectivity index (χ2n) is 5.98. The van der Waals surface area contributed by atoms with Crippen molar-refractivity contribution in [2.24, 2.45) is 0 Å². The maximum Gasteiger partial charge on any atom is 0.248 e. The van der Waals surface area contributed by atoms with Crippen LogP contribution in [0.1, 0.15) is 50.9 Å². The van der Waals surface area contributed by atoms with Gasteiger partial charge in [-0.05, 0) is 32.4 Å². The molecule has 3 rings (SSSR count). The van der Waals surface area contributed by atoms with Crippen molar-refractivity contribution in [3.63, 3.8) is 0 Å². The molecule has 0 radical (unpaired) electrons. The van der Waals surface area contributed by atoms with Crippen LogP contribution < -0.4 is 0 Å². The molecule has 21 heavy (non-hydrogen) atoms. The fraction of sp³-hybridized carbons (Fsp3) is 0.533. The van der Waals surface area contributed by atoms with Crippen molar-refractivity contribution >= 4 is 27.0 Å². The monoisotopic (exact) mass is 360 g/mol. The first-order chi connectivity index (χ1) is 9.78. The minimum absolute atomic E-state index is 0.0351. The molecule has 1 aliphatic carbocycles. The van der Waals surface area contributed by atoms with E-state index in [0.717, 1.165) is 0 Å². The maximum absolute atomic E-state index is 14.1. The summed E-state index contributed by atoms with van der Waals surface area (Å²) in [5, 5.41) is 0. The summed E-state index contributed by atoms with van der Waals surface area (Å²) in [6.07, 6.45) is 0.0722. The highest BCUT2D eigenvalue weighted by Crippen LogP contribution is 2.45. The third kappa shape index (κ3) is 2.58. The molecule has 1 fully saturated rings. The van der Waals surface area contributed by atoms with Gasteiger partial charge in [0.25, 0.3) is 0 Å². The molecule has 1 aromatic carbocycles. The lowest BCUT2D eigenvalue weighted by Crippen LogP contribution is -2.13. The van der Waals surface area contributed by atoms with Crippen LogP contribution in [0.25, 0.3) is 11.0 Å². The zero-order valence-electron chi connectivity index (χ0n) is 11.8. The minimum atomic E-state index is -2.64. The molecule has 0 N–H and O–H groups in total. The Morgan fingerprint density at radius 1 is 1.38 bits per heavy atom. The van der Waals surface area contributed by atoms with Gasteiger partial charge < -0.3 is 4.57 Å². The van der Waals surface area contributed by atoms with Gasteiger partial charge in [0.2, 0.25) is 5.92 Å². The van der Waals surface area contributed by atoms with Crippen molar-refractivity contribution in [3.8, 4) is 0 Å². The van der Waals surface area contributed by atoms with Gasteiger partial charge in [-0.25, -0.2) is 18.2 Å². The topological polar surface area (TPSA) is 17.8 Å². The summed E-state index contributed by atoms with van der Waals surface area (Å²) in [6.45, 7) is 3.91. The highest BCUT2D eigenvalue weighted by Gasteiger charge is 2.42. The van der Waals surface area contributed by atoms with Crippen LogP contribution in [0.4, 0.5) is 13.2 Å². The van der Waals surface area contributed by atoms with Crippen LogP contribution in [0.15, 0.2) is 16.6 Å². The molecule has 1 atom stereocenters. The van der Waals surface area contributed by atoms with Crippen LogP contribution in [0.3, 0.4) is 0 Å². The van der Waals surface area contributed by atoms with E-state index in [9.17, 15) is 13.2 Å². The lowest BCUT2D eigenvalue weighted by molar-refractivity contribution is 0.00744. The van der Waals surface area contributed by atoms with E-state index in [1.807, 2.05) is 18.4 Å². The second-order valence-corrected chi connectivity index (χ2v) is 6.90. The van der Waals surface area contributed by atoms with Crippen LogP contribution in [0.5, 0.6) is 0 Å². The summed E-state index contributed by atoms with van der Waals surface area (Å²) in [4.78, 5) is 4.36. The van der Waals surface area contributed by atoms with Crippen LogP contribution in [0.2, 0.25) is 0 Å². The molecular formula is C15H16BrF3N2. The smallest absolute Gasteiger partial charge is 0.248 e. The van der Waals surface area contributed by atoms with Gasteiger partial charge in [0.1, 0.15) is 11.3 Å². The summed E-state index contributed by atoms with van der Waals surface area (Å²) in [5.74, 6) is -2.80. The molecule has 0 amide bonds. The number of benzene rings is 1. The summed E-state index contributed by atoms with van der Waals surface area (Å²) in [6, 6.07) is 3.18. The van der Waals surface area contributed by atoms with Gasteiger partial charge in [-0.15, -0.1) is 0 Å². The molecule has 2 aromatic rings. The van der Waals surface area contributed by atoms with Gasteiger partial charge in [0.05, 0.1) is 5.52 Å². The van der Waals surface area contributed by atoms with Crippen molar-refractivity contribution < 1.29 is 13.2 Å². The van der Waals surface area contributed by atoms with Crippen molar-refractivity contribution in [3.05, 3.63) is 28.2 Å². The fourth-order valence-electron chi connectivity index (χ4n) is 3.14. The molecular weight excluding hydrogens is 345 g/mol. The van der Waals surface area contributed by atoms with E-state index in [-0.39, 0.29) is 30.3 Å². The molecule has 1 heterocycles. The first-order valence-corrected chi connectivity index (χ1v) is 7.82. The van der Waals surface area contributed by atoms with Gasteiger partial charge >= 0.3 is 0 Å². The van der Waals surface area contributed by atoms with E-state index in [2.05, 4.69) is 20.9 Å². The van der Waals surface area contributed by atoms with E-state index < -0.39 is 11.7 Å². The summed E-state index contributed by atoms with van der Waals surface area (Å²) in [5.41, 5.74) is 0.916. The first-order valence-electron chi connectivity index (χ1n) is 7.03. The quantitative estimate of drug-likeness (QED) is 0.698. The molecule has 0 saturated heterocycles. The third-order valence-electron chi connectivity index (χ3n) is 4.03. The predicted octanol–water partition coefficient (Wildman–Crippen LogP) is 5.42. The number of halogens is 4. The number of rotatable bonds is 2. The number of imidazole rings is 1. The van der Waals surface area contributed by atoms with Crippen LogP contribution in [-0.2, 0) is 0 Å². The average Bonchev–Trinajstić information content (AvgIpc) is 2.89. The number of nitrogens with zero attached hydrogens (tertiary/aromatic N) is 2. The van der Waals surface area contributed by atoms with E-state index in [4.69, 9.17) is 0 Å². The molecule has 1 aromatic heterocycles. The Hall–Kier alpha value is -1.04. The normalized spacial score (nSPS) is 21.6. The predicted molar refractivity (Wildman–Crippen MR) is 79.3 cm³/mol. The summed E-state index contributed by atoms with van der Waals surface area (Å²) >= 11 is 3.28. The highest BCUT2D eigenvalue weighted by atomic mass is 79.9. The third-order valence-corrected chi connectivity index (χ3v) is 4.48. The van der Waals surface area contributed by atoms with Crippen molar-refractivity contribution in [1.29, 1.82) is 0 Å². The number of aromatic nitrogens is 2. The molecule has 0 aliphatic heterocycles. The second kappa shape index (κ2) is 5.00. The first kappa shape index (κ1) is 14.9. The lowest BCUT2D eigenvalue weighted by Gasteiger charge is -2.17. The Morgan fingerprint density at radius 3 is 2.67 bits per heavy atom. The Balaban J connectivity index is 2.19. The molecule has 1 aliphatic rings. The average molecular weight is 361 g/mol. The van der Waals surface area contributed by atoms with Crippen LogP contribution in [0, 0.1) is 5.82 Å². The number of fused-ring (bicyclic) bond motifs is 1. The molecule has 0 bridgehead atoms. The molecule has 114 valence electrons. The maximum atomic E-state index is 14.1. The Bertz CT molecular complexity index is 694. The highest BCUT2D eigenvalue weighted by molar-refractivity contribution is 9.10. The van der Waals surface area contributed by atoms with Crippen LogP contribution >= 0.6 is 15.9 Å². The zero-order valence-corrected chi connectivity index (χ0v) is 13.4. The van der Waals surface area contributed by atoms with E-state index >= 15 is 0 Å². The minimum Gasteiger partial charge on any atom is -0.325 e. The molecule has 6 heteroatoms. The van der Waals surface area contributed by atoms with Gasteiger partial charge in [0.15, 0.2) is 5.82 Å². The van der Waals surface area contributed by atoms with Crippen molar-refractivity contribution in [2.75, 3.05) is 0 Å². The van der Waals surface area contributed by atoms with Crippen molar-refractivity contribution in [2.45, 2.75) is 51.0 Å². The SMILES string of the molecule is CC(C)n1c(C2CCC(F)(F)C2)nc2c(F)cc(Br)cc21. The standard InChI is InChI=1S/C15H16BrF3N2/c1-8(2)21-12-6-10(16)5-11(17)13(12)20-14(21)9-3-4-15(18,19)7-9/h5-6,8-9H,3-4,7H2,1-2H3. The molecule has 1 saturated carbocycles. The van der Waals surface area contributed by atoms with E-state index in [1.54, 1.807) is 6.07 Å². The number of hydrogen-bond donors (Lipinski definition) is 0. The van der Waals surface area contributed by atoms with Gasteiger partial charge in [-0.3, -0.25) is 0 Å². The van der Waals surface area contributed by atoms with Gasteiger partial charge in [-0.2, -0.15) is 0 Å². The molecule has 1 unspecified atom stereocenters. The molecule has 2 nitrogen and oxygen atoms in total. The Morgan fingerprint density at radius 2 is 2.10 bits per heavy atom. The fourth-order valence-corrected chi connectivity index (χ4v) is 3.56. The van der Waals surface area contributed by atoms with Gasteiger partial charge in [-0.1, -0.05) is 15.9 Å². The van der Waals surface area contributed by atoms with E-state index in [0.29, 0.717) is 22.2 Å². The largest absolute Gasteiger partial charge is 0.325 e. The Labute approximate surface area is 129 Å². The number of hydrogen-bond acceptors (Lipinski definition) is 1. The van der Waals surface area contributed by atoms with Crippen molar-refractivity contribution in [1.82, 2.24) is 9.55 Å². The lowest BCUT2D eigenvalue weighted by atomic mass is 10.1. The Kier molecular flexibility index (Phi) is 3.55. The molecule has 0 spiro atoms. The summed E-state index contributed by atoms with van der Waals surface area (Å²) in [7, 11) is 0. The zero-order chi connectivity index (χ0) is 15.4. The van der Waals surface area contributed by atoms with Gasteiger partial charge in [0, 0.05) is 29.3 Å². The number of alkyl halides is 2.